The van der Waals surface area contributed by atoms with Gasteiger partial charge in [-0.1, -0.05) is 27.5 Å². The first-order chi connectivity index (χ1) is 12.5. The summed E-state index contributed by atoms with van der Waals surface area (Å²) in [7, 11) is 0. The SMILES string of the molecule is Nc1nc(Cl)c(F)c2c1Oc1ccc(Br)cc1[C@@]21N=Cc2ccncc21. The zero-order valence-corrected chi connectivity index (χ0v) is 15.3. The highest BCUT2D eigenvalue weighted by Gasteiger charge is 2.50. The maximum atomic E-state index is 15.2. The quantitative estimate of drug-likeness (QED) is 0.534. The van der Waals surface area contributed by atoms with Crippen LogP contribution in [-0.2, 0) is 5.54 Å². The van der Waals surface area contributed by atoms with Crippen LogP contribution < -0.4 is 10.5 Å². The number of nitrogens with two attached hydrogens (primary N) is 1. The highest BCUT2D eigenvalue weighted by Crippen LogP contribution is 2.57. The summed E-state index contributed by atoms with van der Waals surface area (Å²) in [5.41, 5.74) is 7.19. The molecule has 2 aliphatic rings. The van der Waals surface area contributed by atoms with Crippen LogP contribution in [0.15, 0.2) is 46.1 Å². The van der Waals surface area contributed by atoms with Crippen molar-refractivity contribution in [2.75, 3.05) is 5.73 Å². The third kappa shape index (κ3) is 1.87. The Balaban J connectivity index is 1.98. The van der Waals surface area contributed by atoms with Crippen molar-refractivity contribution in [3.63, 3.8) is 0 Å². The molecular weight excluding hydrogens is 423 g/mol. The van der Waals surface area contributed by atoms with E-state index in [1.807, 2.05) is 18.2 Å². The first-order valence-electron chi connectivity index (χ1n) is 7.65. The fourth-order valence-corrected chi connectivity index (χ4v) is 4.10. The van der Waals surface area contributed by atoms with Crippen LogP contribution in [0.25, 0.3) is 0 Å². The van der Waals surface area contributed by atoms with E-state index in [0.29, 0.717) is 11.3 Å². The minimum atomic E-state index is -1.19. The summed E-state index contributed by atoms with van der Waals surface area (Å²) in [6.07, 6.45) is 5.03. The van der Waals surface area contributed by atoms with Gasteiger partial charge in [0.15, 0.2) is 22.5 Å². The normalized spacial score (nSPS) is 19.0. The van der Waals surface area contributed by atoms with Crippen molar-refractivity contribution in [2.24, 2.45) is 4.99 Å². The molecule has 1 aromatic carbocycles. The molecular formula is C18H9BrClFN4O. The van der Waals surface area contributed by atoms with Crippen LogP contribution in [0, 0.1) is 5.82 Å². The summed E-state index contributed by atoms with van der Waals surface area (Å²) in [5, 5.41) is -0.324. The number of ether oxygens (including phenoxy) is 1. The minimum Gasteiger partial charge on any atom is -0.453 e. The number of fused-ring (bicyclic) bond motifs is 6. The fourth-order valence-electron chi connectivity index (χ4n) is 3.55. The zero-order valence-electron chi connectivity index (χ0n) is 13.0. The third-order valence-corrected chi connectivity index (χ3v) is 5.37. The van der Waals surface area contributed by atoms with E-state index in [9.17, 15) is 0 Å². The number of anilines is 1. The van der Waals surface area contributed by atoms with Gasteiger partial charge in [-0.15, -0.1) is 0 Å². The summed E-state index contributed by atoms with van der Waals surface area (Å²) < 4.78 is 21.9. The maximum absolute atomic E-state index is 15.2. The van der Waals surface area contributed by atoms with Gasteiger partial charge in [0, 0.05) is 39.8 Å². The van der Waals surface area contributed by atoms with E-state index in [1.54, 1.807) is 24.7 Å². The number of halogens is 3. The number of hydrogen-bond donors (Lipinski definition) is 1. The Morgan fingerprint density at radius 3 is 2.92 bits per heavy atom. The third-order valence-electron chi connectivity index (χ3n) is 4.63. The Bertz CT molecular complexity index is 1140. The van der Waals surface area contributed by atoms with E-state index in [4.69, 9.17) is 27.1 Å². The largest absolute Gasteiger partial charge is 0.453 e. The number of aliphatic imine (C=N–C) groups is 1. The molecule has 4 heterocycles. The molecule has 0 aliphatic carbocycles. The molecule has 5 rings (SSSR count). The maximum Gasteiger partial charge on any atom is 0.178 e. The lowest BCUT2D eigenvalue weighted by Crippen LogP contribution is -2.31. The van der Waals surface area contributed by atoms with Crippen molar-refractivity contribution >= 4 is 39.6 Å². The lowest BCUT2D eigenvalue weighted by atomic mass is 9.76. The van der Waals surface area contributed by atoms with Crippen LogP contribution in [0.2, 0.25) is 5.15 Å². The lowest BCUT2D eigenvalue weighted by Gasteiger charge is -2.36. The summed E-state index contributed by atoms with van der Waals surface area (Å²) in [4.78, 5) is 12.8. The highest BCUT2D eigenvalue weighted by atomic mass is 79.9. The number of nitrogens with zero attached hydrogens (tertiary/aromatic N) is 3. The van der Waals surface area contributed by atoms with Crippen molar-refractivity contribution in [3.8, 4) is 11.5 Å². The number of benzene rings is 1. The van der Waals surface area contributed by atoms with Gasteiger partial charge in [-0.2, -0.15) is 0 Å². The molecule has 0 saturated heterocycles. The number of rotatable bonds is 0. The van der Waals surface area contributed by atoms with E-state index >= 15 is 4.39 Å². The molecule has 1 atom stereocenters. The Morgan fingerprint density at radius 1 is 1.23 bits per heavy atom. The molecule has 2 aromatic heterocycles. The summed E-state index contributed by atoms with van der Waals surface area (Å²) >= 11 is 9.47. The monoisotopic (exact) mass is 430 g/mol. The molecule has 2 N–H and O–H groups in total. The van der Waals surface area contributed by atoms with Gasteiger partial charge in [0.25, 0.3) is 0 Å². The van der Waals surface area contributed by atoms with E-state index in [1.165, 1.54) is 0 Å². The summed E-state index contributed by atoms with van der Waals surface area (Å²) in [5.74, 6) is -0.0671. The van der Waals surface area contributed by atoms with Crippen molar-refractivity contribution in [3.05, 3.63) is 74.4 Å². The molecule has 2 aliphatic heterocycles. The average Bonchev–Trinajstić information content (AvgIpc) is 3.01. The lowest BCUT2D eigenvalue weighted by molar-refractivity contribution is 0.408. The average molecular weight is 432 g/mol. The summed E-state index contributed by atoms with van der Waals surface area (Å²) in [6, 6.07) is 7.28. The predicted molar refractivity (Wildman–Crippen MR) is 99.5 cm³/mol. The Hall–Kier alpha value is -2.51. The highest BCUT2D eigenvalue weighted by molar-refractivity contribution is 9.10. The molecule has 0 radical (unpaired) electrons. The van der Waals surface area contributed by atoms with Crippen LogP contribution in [0.3, 0.4) is 0 Å². The molecule has 1 spiro atoms. The number of hydrogen-bond acceptors (Lipinski definition) is 5. The van der Waals surface area contributed by atoms with Crippen LogP contribution in [0.5, 0.6) is 11.5 Å². The van der Waals surface area contributed by atoms with E-state index in [2.05, 4.69) is 25.9 Å². The van der Waals surface area contributed by atoms with Crippen LogP contribution in [0.1, 0.15) is 22.3 Å². The molecule has 8 heteroatoms. The van der Waals surface area contributed by atoms with Crippen molar-refractivity contribution < 1.29 is 9.13 Å². The first-order valence-corrected chi connectivity index (χ1v) is 8.82. The second-order valence-corrected chi connectivity index (χ2v) is 7.25. The fraction of sp³-hybridized carbons (Fsp3) is 0.0556. The van der Waals surface area contributed by atoms with Crippen LogP contribution >= 0.6 is 27.5 Å². The number of aromatic nitrogens is 2. The van der Waals surface area contributed by atoms with Gasteiger partial charge >= 0.3 is 0 Å². The van der Waals surface area contributed by atoms with Crippen LogP contribution in [-0.4, -0.2) is 16.2 Å². The molecule has 3 aromatic rings. The van der Waals surface area contributed by atoms with E-state index < -0.39 is 11.4 Å². The zero-order chi connectivity index (χ0) is 18.1. The molecule has 5 nitrogen and oxygen atoms in total. The number of pyridine rings is 2. The second-order valence-electron chi connectivity index (χ2n) is 5.98. The van der Waals surface area contributed by atoms with Gasteiger partial charge in [-0.25, -0.2) is 9.37 Å². The Labute approximate surface area is 160 Å². The molecule has 0 fully saturated rings. The topological polar surface area (TPSA) is 73.4 Å². The van der Waals surface area contributed by atoms with Gasteiger partial charge in [0.1, 0.15) is 11.3 Å². The van der Waals surface area contributed by atoms with Gasteiger partial charge in [0.05, 0.1) is 5.56 Å². The molecule has 0 unspecified atom stereocenters. The summed E-state index contributed by atoms with van der Waals surface area (Å²) in [6.45, 7) is 0. The first kappa shape index (κ1) is 15.7. The molecule has 0 saturated carbocycles. The van der Waals surface area contributed by atoms with Crippen LogP contribution in [0.4, 0.5) is 10.2 Å². The minimum absolute atomic E-state index is 0.00637. The Morgan fingerprint density at radius 2 is 2.08 bits per heavy atom. The Kier molecular flexibility index (Phi) is 3.17. The van der Waals surface area contributed by atoms with Gasteiger partial charge in [-0.05, 0) is 24.3 Å². The second kappa shape index (κ2) is 5.25. The standard InChI is InChI=1S/C18H9BrClFN4O/c19-9-1-2-12-10(5-9)18(11-7-23-4-3-8(11)6-24-18)13-14(21)16(20)25-17(22)15(13)26-12/h1-7H,(H2,22,25)/t18-/m0/s1. The molecule has 26 heavy (non-hydrogen) atoms. The number of nitrogen functional groups attached to an aromatic ring is 1. The van der Waals surface area contributed by atoms with Gasteiger partial charge in [0.2, 0.25) is 0 Å². The molecule has 0 bridgehead atoms. The van der Waals surface area contributed by atoms with Crippen molar-refractivity contribution in [1.29, 1.82) is 0 Å². The molecule has 0 amide bonds. The predicted octanol–water partition coefficient (Wildman–Crippen LogP) is 4.44. The smallest absolute Gasteiger partial charge is 0.178 e. The van der Waals surface area contributed by atoms with E-state index in [0.717, 1.165) is 15.6 Å². The van der Waals surface area contributed by atoms with Crippen molar-refractivity contribution in [1.82, 2.24) is 9.97 Å². The van der Waals surface area contributed by atoms with E-state index in [-0.39, 0.29) is 22.3 Å². The van der Waals surface area contributed by atoms with Gasteiger partial charge in [-0.3, -0.25) is 9.98 Å². The van der Waals surface area contributed by atoms with Crippen molar-refractivity contribution in [2.45, 2.75) is 5.54 Å². The molecule has 128 valence electrons. The van der Waals surface area contributed by atoms with Gasteiger partial charge < -0.3 is 10.5 Å².